The number of carbonyl (C=O) groups is 2. The lowest BCUT2D eigenvalue weighted by atomic mass is 10.1. The van der Waals surface area contributed by atoms with Crippen LogP contribution in [0.25, 0.3) is 0 Å². The number of hydrogen-bond acceptors (Lipinski definition) is 5. The van der Waals surface area contributed by atoms with Gasteiger partial charge in [-0.2, -0.15) is 0 Å². The number of pyridine rings is 1. The Hall–Kier alpha value is -3.29. The zero-order valence-corrected chi connectivity index (χ0v) is 18.8. The molecule has 8 heteroatoms. The van der Waals surface area contributed by atoms with Crippen LogP contribution in [0, 0.1) is 5.41 Å². The number of nitrogens with one attached hydrogen (secondary N) is 1. The number of carbonyl (C=O) groups excluding carboxylic acids is 2. The third-order valence-corrected chi connectivity index (χ3v) is 6.43. The van der Waals surface area contributed by atoms with Gasteiger partial charge in [-0.05, 0) is 30.5 Å². The molecule has 2 aliphatic rings. The second-order valence-corrected chi connectivity index (χ2v) is 8.66. The van der Waals surface area contributed by atoms with E-state index >= 15 is 0 Å². The summed E-state index contributed by atoms with van der Waals surface area (Å²) in [6, 6.07) is 8.81. The number of nitrogens with zero attached hydrogens (tertiary/aromatic N) is 2. The molecule has 1 aromatic heterocycles. The molecule has 0 unspecified atom stereocenters. The summed E-state index contributed by atoms with van der Waals surface area (Å²) >= 11 is 0. The van der Waals surface area contributed by atoms with E-state index in [1.807, 2.05) is 36.1 Å². The molecule has 8 nitrogen and oxygen atoms in total. The summed E-state index contributed by atoms with van der Waals surface area (Å²) in [5.41, 5.74) is 1.35. The van der Waals surface area contributed by atoms with Gasteiger partial charge in [0.1, 0.15) is 17.1 Å². The molecule has 1 aromatic carbocycles. The van der Waals surface area contributed by atoms with E-state index in [9.17, 15) is 14.4 Å². The molecule has 170 valence electrons. The van der Waals surface area contributed by atoms with Gasteiger partial charge >= 0.3 is 0 Å². The molecule has 1 fully saturated rings. The fraction of sp³-hybridized carbons (Fsp3) is 0.458. The zero-order chi connectivity index (χ0) is 22.9. The summed E-state index contributed by atoms with van der Waals surface area (Å²) in [5, 5.41) is 2.93. The lowest BCUT2D eigenvalue weighted by Crippen LogP contribution is -2.38. The van der Waals surface area contributed by atoms with Crippen molar-refractivity contribution >= 4 is 11.8 Å². The molecule has 0 atom stereocenters. The minimum atomic E-state index is -0.317. The van der Waals surface area contributed by atoms with Crippen molar-refractivity contribution in [2.75, 3.05) is 27.3 Å². The highest BCUT2D eigenvalue weighted by molar-refractivity contribution is 5.98. The first-order chi connectivity index (χ1) is 15.4. The van der Waals surface area contributed by atoms with E-state index in [1.54, 1.807) is 11.7 Å². The Balaban J connectivity index is 1.59. The maximum atomic E-state index is 13.2. The van der Waals surface area contributed by atoms with Crippen LogP contribution in [0.2, 0.25) is 0 Å². The van der Waals surface area contributed by atoms with Crippen molar-refractivity contribution in [3.8, 4) is 11.5 Å². The Morgan fingerprint density at radius 2 is 1.88 bits per heavy atom. The molecule has 32 heavy (non-hydrogen) atoms. The van der Waals surface area contributed by atoms with Gasteiger partial charge in [-0.3, -0.25) is 14.4 Å². The van der Waals surface area contributed by atoms with Gasteiger partial charge in [0.05, 0.1) is 14.2 Å². The second-order valence-electron chi connectivity index (χ2n) is 8.66. The Bertz CT molecular complexity index is 1100. The van der Waals surface area contributed by atoms with E-state index in [0.29, 0.717) is 49.6 Å². The van der Waals surface area contributed by atoms with Gasteiger partial charge in [-0.15, -0.1) is 0 Å². The molecule has 1 aliphatic heterocycles. The minimum Gasteiger partial charge on any atom is -0.497 e. The average Bonchev–Trinajstić information content (AvgIpc) is 3.59. The number of aromatic nitrogens is 1. The maximum absolute atomic E-state index is 13.2. The molecule has 1 saturated carbocycles. The molecular weight excluding hydrogens is 410 g/mol. The smallest absolute Gasteiger partial charge is 0.257 e. The molecule has 2 heterocycles. The van der Waals surface area contributed by atoms with Crippen LogP contribution in [0.4, 0.5) is 0 Å². The van der Waals surface area contributed by atoms with Gasteiger partial charge in [0.25, 0.3) is 11.5 Å². The van der Waals surface area contributed by atoms with Crippen LogP contribution in [-0.2, 0) is 24.3 Å². The van der Waals surface area contributed by atoms with Gasteiger partial charge in [0.15, 0.2) is 0 Å². The topological polar surface area (TPSA) is 89.9 Å². The van der Waals surface area contributed by atoms with Crippen molar-refractivity contribution in [1.82, 2.24) is 14.8 Å². The molecule has 2 amide bonds. The molecule has 0 bridgehead atoms. The van der Waals surface area contributed by atoms with Crippen molar-refractivity contribution in [1.29, 1.82) is 0 Å². The molecule has 2 aromatic rings. The maximum Gasteiger partial charge on any atom is 0.257 e. The van der Waals surface area contributed by atoms with Crippen LogP contribution < -0.4 is 20.3 Å². The summed E-state index contributed by atoms with van der Waals surface area (Å²) in [6.45, 7) is 3.58. The fourth-order valence-electron chi connectivity index (χ4n) is 4.19. The Morgan fingerprint density at radius 3 is 2.56 bits per heavy atom. The third-order valence-electron chi connectivity index (χ3n) is 6.43. The summed E-state index contributed by atoms with van der Waals surface area (Å²) < 4.78 is 12.2. The number of methoxy groups -OCH3 is 2. The van der Waals surface area contributed by atoms with E-state index in [0.717, 1.165) is 18.4 Å². The van der Waals surface area contributed by atoms with Crippen molar-refractivity contribution in [2.45, 2.75) is 39.3 Å². The number of ether oxygens (including phenoxy) is 2. The fourth-order valence-corrected chi connectivity index (χ4v) is 4.19. The zero-order valence-electron chi connectivity index (χ0n) is 18.8. The molecule has 0 spiro atoms. The largest absolute Gasteiger partial charge is 0.497 e. The van der Waals surface area contributed by atoms with E-state index in [-0.39, 0.29) is 28.5 Å². The van der Waals surface area contributed by atoms with Crippen LogP contribution in [0.5, 0.6) is 11.5 Å². The minimum absolute atomic E-state index is 0.134. The molecule has 4 rings (SSSR count). The molecule has 1 aliphatic carbocycles. The highest BCUT2D eigenvalue weighted by atomic mass is 16.5. The van der Waals surface area contributed by atoms with Gasteiger partial charge < -0.3 is 24.3 Å². The van der Waals surface area contributed by atoms with Crippen LogP contribution in [-0.4, -0.2) is 48.6 Å². The number of benzene rings is 1. The van der Waals surface area contributed by atoms with Crippen LogP contribution in [0.1, 0.15) is 41.4 Å². The van der Waals surface area contributed by atoms with E-state index < -0.39 is 0 Å². The van der Waals surface area contributed by atoms with Gasteiger partial charge in [-0.1, -0.05) is 19.1 Å². The first kappa shape index (κ1) is 21.9. The molecule has 1 N–H and O–H groups in total. The number of rotatable bonds is 6. The Morgan fingerprint density at radius 1 is 1.09 bits per heavy atom. The molecular formula is C24H29N3O5. The van der Waals surface area contributed by atoms with Crippen molar-refractivity contribution < 1.29 is 19.1 Å². The number of amides is 2. The normalized spacial score (nSPS) is 16.5. The summed E-state index contributed by atoms with van der Waals surface area (Å²) in [7, 11) is 3.04. The van der Waals surface area contributed by atoms with Gasteiger partial charge in [0, 0.05) is 49.8 Å². The van der Waals surface area contributed by atoms with E-state index in [4.69, 9.17) is 9.47 Å². The monoisotopic (exact) mass is 439 g/mol. The number of fused-ring (bicyclic) bond motifs is 1. The van der Waals surface area contributed by atoms with Crippen molar-refractivity contribution in [3.63, 3.8) is 0 Å². The first-order valence-corrected chi connectivity index (χ1v) is 10.9. The van der Waals surface area contributed by atoms with Crippen LogP contribution >= 0.6 is 0 Å². The van der Waals surface area contributed by atoms with Gasteiger partial charge in [0.2, 0.25) is 5.91 Å². The van der Waals surface area contributed by atoms with Crippen LogP contribution in [0.15, 0.2) is 35.1 Å². The Kier molecular flexibility index (Phi) is 5.95. The summed E-state index contributed by atoms with van der Waals surface area (Å²) in [6.07, 6.45) is 2.22. The summed E-state index contributed by atoms with van der Waals surface area (Å²) in [4.78, 5) is 40.6. The van der Waals surface area contributed by atoms with Crippen molar-refractivity contribution in [3.05, 3.63) is 57.5 Å². The number of hydrogen-bond donors (Lipinski definition) is 1. The predicted octanol–water partition coefficient (Wildman–Crippen LogP) is 1.98. The highest BCUT2D eigenvalue weighted by Gasteiger charge is 2.47. The van der Waals surface area contributed by atoms with Crippen LogP contribution in [0.3, 0.4) is 0 Å². The first-order valence-electron chi connectivity index (χ1n) is 10.9. The SMILES string of the molecule is COc1cccc(CNC(=O)c2c(OC)cc(=O)n3c2CCN(C(=O)C2(C)CC2)CC3)c1. The molecule has 0 radical (unpaired) electrons. The second kappa shape index (κ2) is 8.68. The van der Waals surface area contributed by atoms with E-state index in [2.05, 4.69) is 5.32 Å². The lowest BCUT2D eigenvalue weighted by Gasteiger charge is -2.23. The Labute approximate surface area is 187 Å². The third kappa shape index (κ3) is 4.22. The lowest BCUT2D eigenvalue weighted by molar-refractivity contribution is -0.136. The van der Waals surface area contributed by atoms with Crippen molar-refractivity contribution in [2.24, 2.45) is 5.41 Å². The highest BCUT2D eigenvalue weighted by Crippen LogP contribution is 2.46. The van der Waals surface area contributed by atoms with Gasteiger partial charge in [-0.25, -0.2) is 0 Å². The average molecular weight is 440 g/mol. The summed E-state index contributed by atoms with van der Waals surface area (Å²) in [5.74, 6) is 0.776. The molecule has 0 saturated heterocycles. The quantitative estimate of drug-likeness (QED) is 0.744. The predicted molar refractivity (Wildman–Crippen MR) is 119 cm³/mol. The van der Waals surface area contributed by atoms with E-state index in [1.165, 1.54) is 13.2 Å². The standard InChI is InChI=1S/C24H29N3O5/c1-24(8-9-24)23(30)26-10-7-18-21(19(32-3)14-20(28)27(18)12-11-26)22(29)25-15-16-5-4-6-17(13-16)31-2/h4-6,13-14H,7-12,15H2,1-3H3,(H,25,29).